The zero-order valence-corrected chi connectivity index (χ0v) is 11.1. The SMILES string of the molecule is CC(=O)CCOc1ccccc1Cc1ccccc1. The van der Waals surface area contributed by atoms with Gasteiger partial charge in [-0.05, 0) is 24.1 Å². The Morgan fingerprint density at radius 2 is 1.68 bits per heavy atom. The van der Waals surface area contributed by atoms with Gasteiger partial charge >= 0.3 is 0 Å². The molecule has 0 atom stereocenters. The smallest absolute Gasteiger partial charge is 0.133 e. The van der Waals surface area contributed by atoms with E-state index in [1.807, 2.05) is 36.4 Å². The number of ether oxygens (including phenoxy) is 1. The van der Waals surface area contributed by atoms with Gasteiger partial charge < -0.3 is 4.74 Å². The van der Waals surface area contributed by atoms with Gasteiger partial charge in [0.25, 0.3) is 0 Å². The highest BCUT2D eigenvalue weighted by molar-refractivity contribution is 5.75. The van der Waals surface area contributed by atoms with Crippen LogP contribution < -0.4 is 4.74 Å². The summed E-state index contributed by atoms with van der Waals surface area (Å²) in [5.74, 6) is 1.02. The van der Waals surface area contributed by atoms with Gasteiger partial charge in [-0.2, -0.15) is 0 Å². The molecule has 0 fully saturated rings. The summed E-state index contributed by atoms with van der Waals surface area (Å²) >= 11 is 0. The minimum absolute atomic E-state index is 0.153. The summed E-state index contributed by atoms with van der Waals surface area (Å²) in [5, 5.41) is 0. The Kier molecular flexibility index (Phi) is 4.73. The standard InChI is InChI=1S/C17H18O2/c1-14(18)11-12-19-17-10-6-5-9-16(17)13-15-7-3-2-4-8-15/h2-10H,11-13H2,1H3. The summed E-state index contributed by atoms with van der Waals surface area (Å²) in [7, 11) is 0. The molecule has 0 spiro atoms. The van der Waals surface area contributed by atoms with Crippen LogP contribution in [0, 0.1) is 0 Å². The molecule has 2 rings (SSSR count). The maximum Gasteiger partial charge on any atom is 0.133 e. The number of ketones is 1. The molecular formula is C17H18O2. The normalized spacial score (nSPS) is 10.2. The third kappa shape index (κ3) is 4.25. The summed E-state index contributed by atoms with van der Waals surface area (Å²) in [6.07, 6.45) is 1.30. The van der Waals surface area contributed by atoms with Crippen LogP contribution in [-0.4, -0.2) is 12.4 Å². The van der Waals surface area contributed by atoms with Crippen molar-refractivity contribution in [2.45, 2.75) is 19.8 Å². The Balaban J connectivity index is 2.06. The number of Topliss-reactive ketones (excluding diaryl/α,β-unsaturated/α-hetero) is 1. The van der Waals surface area contributed by atoms with E-state index in [1.54, 1.807) is 6.92 Å². The van der Waals surface area contributed by atoms with Crippen molar-refractivity contribution in [2.75, 3.05) is 6.61 Å². The average molecular weight is 254 g/mol. The number of carbonyl (C=O) groups excluding carboxylic acids is 1. The average Bonchev–Trinajstić information content (AvgIpc) is 2.41. The molecule has 0 amide bonds. The van der Waals surface area contributed by atoms with Crippen LogP contribution in [-0.2, 0) is 11.2 Å². The highest BCUT2D eigenvalue weighted by atomic mass is 16.5. The summed E-state index contributed by atoms with van der Waals surface area (Å²) in [6.45, 7) is 2.03. The van der Waals surface area contributed by atoms with Crippen LogP contribution in [0.1, 0.15) is 24.5 Å². The molecule has 2 heteroatoms. The molecule has 98 valence electrons. The molecule has 2 aromatic rings. The quantitative estimate of drug-likeness (QED) is 0.786. The maximum absolute atomic E-state index is 10.9. The van der Waals surface area contributed by atoms with Crippen molar-refractivity contribution >= 4 is 5.78 Å². The summed E-state index contributed by atoms with van der Waals surface area (Å²) in [6, 6.07) is 18.3. The third-order valence-corrected chi connectivity index (χ3v) is 2.92. The molecule has 0 bridgehead atoms. The van der Waals surface area contributed by atoms with Crippen molar-refractivity contribution in [2.24, 2.45) is 0 Å². The summed E-state index contributed by atoms with van der Waals surface area (Å²) in [5.41, 5.74) is 2.40. The van der Waals surface area contributed by atoms with Gasteiger partial charge in [0.05, 0.1) is 6.61 Å². The Labute approximate surface area is 114 Å². The fraction of sp³-hybridized carbons (Fsp3) is 0.235. The Bertz CT molecular complexity index is 532. The van der Waals surface area contributed by atoms with Crippen LogP contribution >= 0.6 is 0 Å². The minimum Gasteiger partial charge on any atom is -0.493 e. The molecule has 0 radical (unpaired) electrons. The first-order valence-corrected chi connectivity index (χ1v) is 6.50. The number of carbonyl (C=O) groups is 1. The van der Waals surface area contributed by atoms with Gasteiger partial charge in [0.2, 0.25) is 0 Å². The zero-order chi connectivity index (χ0) is 13.5. The molecular weight excluding hydrogens is 236 g/mol. The monoisotopic (exact) mass is 254 g/mol. The zero-order valence-electron chi connectivity index (χ0n) is 11.1. The Morgan fingerprint density at radius 1 is 1.00 bits per heavy atom. The van der Waals surface area contributed by atoms with Crippen LogP contribution in [0.25, 0.3) is 0 Å². The predicted molar refractivity (Wildman–Crippen MR) is 76.5 cm³/mol. The molecule has 0 saturated carbocycles. The highest BCUT2D eigenvalue weighted by Gasteiger charge is 2.04. The van der Waals surface area contributed by atoms with E-state index >= 15 is 0 Å². The van der Waals surface area contributed by atoms with Crippen LogP contribution in [0.2, 0.25) is 0 Å². The molecule has 0 unspecified atom stereocenters. The van der Waals surface area contributed by atoms with Crippen LogP contribution in [0.4, 0.5) is 0 Å². The fourth-order valence-electron chi connectivity index (χ4n) is 1.91. The third-order valence-electron chi connectivity index (χ3n) is 2.92. The highest BCUT2D eigenvalue weighted by Crippen LogP contribution is 2.21. The Hall–Kier alpha value is -2.09. The van der Waals surface area contributed by atoms with E-state index in [1.165, 1.54) is 5.56 Å². The fourth-order valence-corrected chi connectivity index (χ4v) is 1.91. The van der Waals surface area contributed by atoms with Crippen molar-refractivity contribution in [3.05, 3.63) is 65.7 Å². The van der Waals surface area contributed by atoms with Crippen molar-refractivity contribution in [1.82, 2.24) is 0 Å². The van der Waals surface area contributed by atoms with Crippen LogP contribution in [0.15, 0.2) is 54.6 Å². The van der Waals surface area contributed by atoms with Gasteiger partial charge in [-0.1, -0.05) is 48.5 Å². The van der Waals surface area contributed by atoms with Crippen LogP contribution in [0.5, 0.6) is 5.75 Å². The van der Waals surface area contributed by atoms with Crippen LogP contribution in [0.3, 0.4) is 0 Å². The lowest BCUT2D eigenvalue weighted by Gasteiger charge is -2.11. The number of para-hydroxylation sites is 1. The van der Waals surface area contributed by atoms with E-state index in [-0.39, 0.29) is 5.78 Å². The van der Waals surface area contributed by atoms with Gasteiger partial charge in [0.15, 0.2) is 0 Å². The van der Waals surface area contributed by atoms with Crippen molar-refractivity contribution in [3.63, 3.8) is 0 Å². The molecule has 2 aromatic carbocycles. The molecule has 0 aromatic heterocycles. The molecule has 0 heterocycles. The van der Waals surface area contributed by atoms with Gasteiger partial charge in [0.1, 0.15) is 11.5 Å². The van der Waals surface area contributed by atoms with Gasteiger partial charge in [-0.3, -0.25) is 4.79 Å². The largest absolute Gasteiger partial charge is 0.493 e. The lowest BCUT2D eigenvalue weighted by molar-refractivity contribution is -0.117. The first kappa shape index (κ1) is 13.3. The van der Waals surface area contributed by atoms with Crippen molar-refractivity contribution < 1.29 is 9.53 Å². The van der Waals surface area contributed by atoms with Crippen molar-refractivity contribution in [3.8, 4) is 5.75 Å². The number of benzene rings is 2. The molecule has 0 aliphatic rings. The van der Waals surface area contributed by atoms with E-state index in [9.17, 15) is 4.79 Å². The van der Waals surface area contributed by atoms with Crippen molar-refractivity contribution in [1.29, 1.82) is 0 Å². The molecule has 2 nitrogen and oxygen atoms in total. The molecule has 0 saturated heterocycles. The molecule has 0 aliphatic heterocycles. The molecule has 19 heavy (non-hydrogen) atoms. The summed E-state index contributed by atoms with van der Waals surface area (Å²) in [4.78, 5) is 10.9. The van der Waals surface area contributed by atoms with Gasteiger partial charge in [0, 0.05) is 12.8 Å². The van der Waals surface area contributed by atoms with E-state index in [2.05, 4.69) is 18.2 Å². The number of hydrogen-bond donors (Lipinski definition) is 0. The predicted octanol–water partition coefficient (Wildman–Crippen LogP) is 3.64. The second-order valence-corrected chi connectivity index (χ2v) is 4.57. The second kappa shape index (κ2) is 6.74. The number of hydrogen-bond acceptors (Lipinski definition) is 2. The van der Waals surface area contributed by atoms with E-state index in [0.717, 1.165) is 17.7 Å². The van der Waals surface area contributed by atoms with E-state index in [0.29, 0.717) is 13.0 Å². The second-order valence-electron chi connectivity index (χ2n) is 4.57. The maximum atomic E-state index is 10.9. The first-order chi connectivity index (χ1) is 9.25. The van der Waals surface area contributed by atoms with E-state index < -0.39 is 0 Å². The summed E-state index contributed by atoms with van der Waals surface area (Å²) < 4.78 is 5.70. The molecule has 0 N–H and O–H groups in total. The van der Waals surface area contributed by atoms with Gasteiger partial charge in [-0.25, -0.2) is 0 Å². The minimum atomic E-state index is 0.153. The van der Waals surface area contributed by atoms with E-state index in [4.69, 9.17) is 4.74 Å². The Morgan fingerprint density at radius 3 is 2.42 bits per heavy atom. The number of rotatable bonds is 6. The lowest BCUT2D eigenvalue weighted by Crippen LogP contribution is -2.04. The van der Waals surface area contributed by atoms with Gasteiger partial charge in [-0.15, -0.1) is 0 Å². The lowest BCUT2D eigenvalue weighted by atomic mass is 10.0. The first-order valence-electron chi connectivity index (χ1n) is 6.50. The topological polar surface area (TPSA) is 26.3 Å². The molecule has 0 aliphatic carbocycles.